The van der Waals surface area contributed by atoms with Gasteiger partial charge in [0, 0.05) is 6.42 Å². The number of allylic oxidation sites excluding steroid dienone is 2. The van der Waals surface area contributed by atoms with Crippen molar-refractivity contribution < 1.29 is 14.4 Å². The molecule has 1 atom stereocenters. The van der Waals surface area contributed by atoms with E-state index >= 15 is 0 Å². The van der Waals surface area contributed by atoms with E-state index < -0.39 is 0 Å². The van der Waals surface area contributed by atoms with E-state index in [2.05, 4.69) is 13.8 Å². The zero-order valence-corrected chi connectivity index (χ0v) is 9.72. The maximum Gasteiger partial charge on any atom is 0.231 e. The number of carbonyl (C=O) groups excluding carboxylic acids is 3. The van der Waals surface area contributed by atoms with Crippen molar-refractivity contribution >= 4 is 17.9 Å². The van der Waals surface area contributed by atoms with E-state index in [9.17, 15) is 4.79 Å². The number of nitrogens with one attached hydrogen (secondary N) is 2. The molecule has 5 heteroatoms. The van der Waals surface area contributed by atoms with Crippen LogP contribution in [0.2, 0.25) is 0 Å². The Hall–Kier alpha value is -1.83. The highest BCUT2D eigenvalue weighted by Crippen LogP contribution is 2.26. The Balaban J connectivity index is 0. The molecule has 1 unspecified atom stereocenters. The molecule has 5 nitrogen and oxygen atoms in total. The minimum absolute atomic E-state index is 0.343. The maximum absolute atomic E-state index is 11.1. The molecule has 0 fully saturated rings. The lowest BCUT2D eigenvalue weighted by atomic mass is 9.85. The molecule has 1 aliphatic rings. The fourth-order valence-electron chi connectivity index (χ4n) is 1.34. The van der Waals surface area contributed by atoms with Gasteiger partial charge in [-0.1, -0.05) is 12.5 Å². The summed E-state index contributed by atoms with van der Waals surface area (Å²) in [5, 5.41) is 10.8. The van der Waals surface area contributed by atoms with E-state index in [0.717, 1.165) is 30.6 Å². The average Bonchev–Trinajstić information content (AvgIpc) is 2.23. The molecule has 1 aliphatic carbocycles. The molecule has 0 heterocycles. The van der Waals surface area contributed by atoms with Crippen LogP contribution in [0.5, 0.6) is 0 Å². The number of ketones is 1. The number of hydrogen-bond donors (Lipinski definition) is 2. The smallest absolute Gasteiger partial charge is 0.231 e. The van der Waals surface area contributed by atoms with Crippen molar-refractivity contribution in [3.63, 3.8) is 0 Å². The Morgan fingerprint density at radius 3 is 1.88 bits per heavy atom. The lowest BCUT2D eigenvalue weighted by molar-refractivity contribution is -0.116. The van der Waals surface area contributed by atoms with Crippen molar-refractivity contribution in [3.8, 4) is 0 Å². The lowest BCUT2D eigenvalue weighted by Crippen LogP contribution is -2.14. The van der Waals surface area contributed by atoms with Crippen LogP contribution >= 0.6 is 0 Å². The van der Waals surface area contributed by atoms with Crippen LogP contribution in [0.3, 0.4) is 0 Å². The average molecular weight is 224 g/mol. The van der Waals surface area contributed by atoms with Gasteiger partial charge in [0.1, 0.15) is 0 Å². The SMILES string of the molecule is CC1=C(C)C(C)CCC1=O.N=C=O.N=C=O. The Kier molecular flexibility index (Phi) is 10.1. The van der Waals surface area contributed by atoms with Gasteiger partial charge in [0.15, 0.2) is 5.78 Å². The maximum atomic E-state index is 11.1. The Labute approximate surface area is 94.6 Å². The van der Waals surface area contributed by atoms with Crippen LogP contribution in [0.25, 0.3) is 0 Å². The van der Waals surface area contributed by atoms with Crippen LogP contribution in [0.15, 0.2) is 11.1 Å². The predicted octanol–water partition coefficient (Wildman–Crippen LogP) is 2.12. The molecule has 0 aromatic carbocycles. The van der Waals surface area contributed by atoms with Crippen LogP contribution in [0.1, 0.15) is 33.6 Å². The Morgan fingerprint density at radius 1 is 1.19 bits per heavy atom. The van der Waals surface area contributed by atoms with E-state index in [0.29, 0.717) is 11.7 Å². The zero-order chi connectivity index (χ0) is 13.1. The summed E-state index contributed by atoms with van der Waals surface area (Å²) in [4.78, 5) is 27.8. The molecule has 0 spiro atoms. The zero-order valence-electron chi connectivity index (χ0n) is 9.72. The molecule has 88 valence electrons. The first-order valence-electron chi connectivity index (χ1n) is 4.74. The second kappa shape index (κ2) is 9.71. The second-order valence-corrected chi connectivity index (χ2v) is 3.38. The van der Waals surface area contributed by atoms with Crippen molar-refractivity contribution in [1.82, 2.24) is 0 Å². The third-order valence-corrected chi connectivity index (χ3v) is 2.55. The topological polar surface area (TPSA) is 98.9 Å². The monoisotopic (exact) mass is 224 g/mol. The fourth-order valence-corrected chi connectivity index (χ4v) is 1.34. The summed E-state index contributed by atoms with van der Waals surface area (Å²) in [5.74, 6) is 0.966. The molecular formula is C11H16N2O3. The molecule has 0 aromatic rings. The number of hydrogen-bond acceptors (Lipinski definition) is 5. The molecule has 0 aromatic heterocycles. The van der Waals surface area contributed by atoms with E-state index in [4.69, 9.17) is 20.4 Å². The lowest BCUT2D eigenvalue weighted by Gasteiger charge is -2.19. The molecule has 0 aliphatic heterocycles. The van der Waals surface area contributed by atoms with Gasteiger partial charge in [-0.05, 0) is 31.8 Å². The van der Waals surface area contributed by atoms with Crippen molar-refractivity contribution in [2.45, 2.75) is 33.6 Å². The van der Waals surface area contributed by atoms with Gasteiger partial charge in [-0.2, -0.15) is 0 Å². The Morgan fingerprint density at radius 2 is 1.56 bits per heavy atom. The van der Waals surface area contributed by atoms with Gasteiger partial charge in [-0.3, -0.25) is 4.79 Å². The van der Waals surface area contributed by atoms with Crippen LogP contribution in [0.4, 0.5) is 0 Å². The summed E-state index contributed by atoms with van der Waals surface area (Å²) in [6, 6.07) is 0. The van der Waals surface area contributed by atoms with Gasteiger partial charge in [0.2, 0.25) is 12.2 Å². The highest BCUT2D eigenvalue weighted by Gasteiger charge is 2.18. The first-order valence-corrected chi connectivity index (χ1v) is 4.74. The third kappa shape index (κ3) is 6.60. The van der Waals surface area contributed by atoms with Crippen molar-refractivity contribution in [2.24, 2.45) is 5.92 Å². The van der Waals surface area contributed by atoms with Crippen LogP contribution in [-0.4, -0.2) is 17.9 Å². The minimum atomic E-state index is 0.343. The number of isocyanates is 2. The summed E-state index contributed by atoms with van der Waals surface area (Å²) in [6.45, 7) is 6.19. The van der Waals surface area contributed by atoms with Gasteiger partial charge in [-0.15, -0.1) is 0 Å². The van der Waals surface area contributed by atoms with Crippen LogP contribution in [0, 0.1) is 16.7 Å². The van der Waals surface area contributed by atoms with Gasteiger partial charge >= 0.3 is 0 Å². The molecule has 0 saturated carbocycles. The molecular weight excluding hydrogens is 208 g/mol. The summed E-state index contributed by atoms with van der Waals surface area (Å²) >= 11 is 0. The standard InChI is InChI=1S/C9H14O.2CHNO/c1-6-4-5-9(10)8(3)7(6)2;2*2-1-3/h6H,4-5H2,1-3H3;2*2H. The van der Waals surface area contributed by atoms with Gasteiger partial charge in [0.25, 0.3) is 0 Å². The summed E-state index contributed by atoms with van der Waals surface area (Å²) < 4.78 is 0. The highest BCUT2D eigenvalue weighted by atomic mass is 16.1. The van der Waals surface area contributed by atoms with Crippen LogP contribution in [-0.2, 0) is 14.4 Å². The molecule has 2 N–H and O–H groups in total. The van der Waals surface area contributed by atoms with Crippen LogP contribution < -0.4 is 0 Å². The highest BCUT2D eigenvalue weighted by molar-refractivity contribution is 5.96. The first kappa shape index (κ1) is 16.6. The minimum Gasteiger partial charge on any atom is -0.295 e. The number of carbonyl (C=O) groups is 1. The van der Waals surface area contributed by atoms with Gasteiger partial charge in [0.05, 0.1) is 0 Å². The normalized spacial score (nSPS) is 18.2. The second-order valence-electron chi connectivity index (χ2n) is 3.38. The van der Waals surface area contributed by atoms with E-state index in [1.807, 2.05) is 6.92 Å². The van der Waals surface area contributed by atoms with E-state index in [-0.39, 0.29) is 0 Å². The summed E-state index contributed by atoms with van der Waals surface area (Å²) in [7, 11) is 0. The molecule has 16 heavy (non-hydrogen) atoms. The molecule has 0 saturated heterocycles. The van der Waals surface area contributed by atoms with E-state index in [1.54, 1.807) is 0 Å². The molecule has 0 bridgehead atoms. The first-order chi connectivity index (χ1) is 7.45. The summed E-state index contributed by atoms with van der Waals surface area (Å²) in [5.41, 5.74) is 2.29. The quantitative estimate of drug-likeness (QED) is 0.487. The van der Waals surface area contributed by atoms with E-state index in [1.165, 1.54) is 5.57 Å². The fraction of sp³-hybridized carbons (Fsp3) is 0.545. The molecule has 1 rings (SSSR count). The molecule has 0 radical (unpaired) electrons. The summed E-state index contributed by atoms with van der Waals surface area (Å²) in [6.07, 6.45) is 3.30. The number of rotatable bonds is 0. The predicted molar refractivity (Wildman–Crippen MR) is 58.6 cm³/mol. The Bertz CT molecular complexity index is 321. The van der Waals surface area contributed by atoms with Crippen molar-refractivity contribution in [1.29, 1.82) is 10.8 Å². The molecule has 0 amide bonds. The third-order valence-electron chi connectivity index (χ3n) is 2.55. The largest absolute Gasteiger partial charge is 0.295 e. The number of Topliss-reactive ketones (excluding diaryl/α,β-unsaturated/α-hetero) is 1. The van der Waals surface area contributed by atoms with Crippen molar-refractivity contribution in [3.05, 3.63) is 11.1 Å². The van der Waals surface area contributed by atoms with Crippen molar-refractivity contribution in [2.75, 3.05) is 0 Å². The van der Waals surface area contributed by atoms with Gasteiger partial charge in [-0.25, -0.2) is 20.4 Å². The van der Waals surface area contributed by atoms with Gasteiger partial charge < -0.3 is 0 Å².